The molecule has 1 aliphatic heterocycles. The predicted molar refractivity (Wildman–Crippen MR) is 190 cm³/mol. The SMILES string of the molecule is CCOC(=O)C1=C(C)N=c2s/c(=C\c3cc(I)cc(I)c3OCc3ccccc3F)c(=O)n2[C@@H]1c1cc(OC)c(OC)cc1Br. The average Bonchev–Trinajstić information content (AvgIpc) is 3.30. The third-order valence-corrected chi connectivity index (χ3v) is 10.1. The van der Waals surface area contributed by atoms with E-state index in [-0.39, 0.29) is 30.2 Å². The predicted octanol–water partition coefficient (Wildman–Crippen LogP) is 6.51. The Labute approximate surface area is 298 Å². The molecule has 0 bridgehead atoms. The van der Waals surface area contributed by atoms with Crippen molar-refractivity contribution in [2.45, 2.75) is 26.5 Å². The molecule has 8 nitrogen and oxygen atoms in total. The summed E-state index contributed by atoms with van der Waals surface area (Å²) in [6.07, 6.45) is 1.74. The third-order valence-electron chi connectivity index (χ3n) is 6.97. The molecule has 3 aromatic carbocycles. The molecule has 13 heteroatoms. The fraction of sp³-hybridized carbons (Fsp3) is 0.219. The van der Waals surface area contributed by atoms with E-state index in [4.69, 9.17) is 18.9 Å². The molecule has 2 heterocycles. The Kier molecular flexibility index (Phi) is 10.7. The fourth-order valence-corrected chi connectivity index (χ4v) is 8.53. The number of fused-ring (bicyclic) bond motifs is 1. The molecular formula is C32H26BrFI2N2O6S. The molecule has 5 rings (SSSR count). The molecule has 0 saturated carbocycles. The van der Waals surface area contributed by atoms with Crippen molar-refractivity contribution in [3.8, 4) is 17.2 Å². The number of methoxy groups -OCH3 is 2. The highest BCUT2D eigenvalue weighted by atomic mass is 127. The van der Waals surface area contributed by atoms with E-state index < -0.39 is 12.0 Å². The number of benzene rings is 3. The van der Waals surface area contributed by atoms with Gasteiger partial charge >= 0.3 is 5.97 Å². The summed E-state index contributed by atoms with van der Waals surface area (Å²) < 4.78 is 41.2. The summed E-state index contributed by atoms with van der Waals surface area (Å²) in [5.74, 6) is 0.501. The summed E-state index contributed by atoms with van der Waals surface area (Å²) in [4.78, 5) is 32.7. The number of hydrogen-bond donors (Lipinski definition) is 0. The lowest BCUT2D eigenvalue weighted by Crippen LogP contribution is -2.40. The first-order chi connectivity index (χ1) is 21.6. The maximum Gasteiger partial charge on any atom is 0.338 e. The Morgan fingerprint density at radius 1 is 1.13 bits per heavy atom. The second-order valence-corrected chi connectivity index (χ2v) is 14.0. The summed E-state index contributed by atoms with van der Waals surface area (Å²) in [5, 5.41) is 0. The van der Waals surface area contributed by atoms with Crippen molar-refractivity contribution >= 4 is 84.5 Å². The van der Waals surface area contributed by atoms with Gasteiger partial charge in [-0.25, -0.2) is 14.2 Å². The van der Waals surface area contributed by atoms with Crippen LogP contribution in [0.4, 0.5) is 4.39 Å². The van der Waals surface area contributed by atoms with Crippen molar-refractivity contribution in [1.82, 2.24) is 4.57 Å². The second-order valence-electron chi connectivity index (χ2n) is 9.72. The minimum absolute atomic E-state index is 0.0147. The molecule has 1 aliphatic rings. The van der Waals surface area contributed by atoms with Crippen molar-refractivity contribution in [2.24, 2.45) is 4.99 Å². The molecule has 1 atom stereocenters. The first-order valence-corrected chi connectivity index (χ1v) is 17.3. The zero-order valence-electron chi connectivity index (χ0n) is 24.5. The van der Waals surface area contributed by atoms with E-state index in [0.717, 1.165) is 7.14 Å². The number of rotatable bonds is 9. The molecule has 1 aromatic heterocycles. The largest absolute Gasteiger partial charge is 0.493 e. The standard InChI is InChI=1S/C32H26BrFI2N2O6S/c1-5-43-31(40)27-16(2)37-32-38(28(27)20-13-24(41-3)25(42-4)14-21(20)33)30(39)26(45-32)11-18-10-19(35)12-23(36)29(18)44-15-17-8-6-7-9-22(17)34/h6-14,28H,5,15H2,1-4H3/b26-11-/t28-/m1/s1. The number of nitrogens with zero attached hydrogens (tertiary/aromatic N) is 2. The molecule has 234 valence electrons. The van der Waals surface area contributed by atoms with Crippen molar-refractivity contribution in [1.29, 1.82) is 0 Å². The van der Waals surface area contributed by atoms with Gasteiger partial charge in [-0.05, 0) is 101 Å². The highest BCUT2D eigenvalue weighted by molar-refractivity contribution is 14.1. The second kappa shape index (κ2) is 14.3. The molecule has 0 aliphatic carbocycles. The van der Waals surface area contributed by atoms with Crippen LogP contribution in [0.3, 0.4) is 0 Å². The zero-order valence-corrected chi connectivity index (χ0v) is 31.2. The molecule has 0 saturated heterocycles. The van der Waals surface area contributed by atoms with Crippen LogP contribution in [0.5, 0.6) is 17.2 Å². The normalized spacial score (nSPS) is 14.6. The molecule has 0 amide bonds. The van der Waals surface area contributed by atoms with Crippen molar-refractivity contribution in [3.05, 3.63) is 114 Å². The van der Waals surface area contributed by atoms with Crippen molar-refractivity contribution in [2.75, 3.05) is 20.8 Å². The molecule has 0 N–H and O–H groups in total. The number of allylic oxidation sites excluding steroid dienone is 1. The Bertz CT molecular complexity index is 2030. The monoisotopic (exact) mass is 918 g/mol. The van der Waals surface area contributed by atoms with Crippen LogP contribution in [0, 0.1) is 13.0 Å². The molecule has 45 heavy (non-hydrogen) atoms. The summed E-state index contributed by atoms with van der Waals surface area (Å²) in [5.41, 5.74) is 1.98. The van der Waals surface area contributed by atoms with E-state index in [2.05, 4.69) is 66.1 Å². The Hall–Kier alpha value is -2.76. The summed E-state index contributed by atoms with van der Waals surface area (Å²) in [7, 11) is 3.05. The lowest BCUT2D eigenvalue weighted by molar-refractivity contribution is -0.139. The van der Waals surface area contributed by atoms with Gasteiger partial charge in [-0.1, -0.05) is 45.5 Å². The molecule has 0 unspecified atom stereocenters. The van der Waals surface area contributed by atoms with E-state index in [1.807, 2.05) is 12.1 Å². The molecular weight excluding hydrogens is 893 g/mol. The molecule has 0 spiro atoms. The van der Waals surface area contributed by atoms with Gasteiger partial charge in [-0.15, -0.1) is 0 Å². The maximum atomic E-state index is 14.4. The zero-order chi connectivity index (χ0) is 32.4. The van der Waals surface area contributed by atoms with E-state index in [0.29, 0.717) is 53.4 Å². The lowest BCUT2D eigenvalue weighted by atomic mass is 9.95. The molecule has 0 fully saturated rings. The minimum Gasteiger partial charge on any atom is -0.493 e. The Morgan fingerprint density at radius 3 is 2.53 bits per heavy atom. The van der Waals surface area contributed by atoms with Gasteiger partial charge in [0.15, 0.2) is 16.3 Å². The van der Waals surface area contributed by atoms with Crippen LogP contribution < -0.4 is 29.1 Å². The quantitative estimate of drug-likeness (QED) is 0.141. The van der Waals surface area contributed by atoms with Gasteiger partial charge in [-0.3, -0.25) is 9.36 Å². The lowest BCUT2D eigenvalue weighted by Gasteiger charge is -2.26. The van der Waals surface area contributed by atoms with Crippen LogP contribution in [-0.2, 0) is 16.1 Å². The number of hydrogen-bond acceptors (Lipinski definition) is 8. The first-order valence-electron chi connectivity index (χ1n) is 13.5. The minimum atomic E-state index is -0.871. The Morgan fingerprint density at radius 2 is 1.84 bits per heavy atom. The van der Waals surface area contributed by atoms with Gasteiger partial charge in [0.2, 0.25) is 0 Å². The van der Waals surface area contributed by atoms with Gasteiger partial charge in [0.1, 0.15) is 18.2 Å². The average molecular weight is 919 g/mol. The van der Waals surface area contributed by atoms with Crippen LogP contribution in [0.1, 0.15) is 36.6 Å². The van der Waals surface area contributed by atoms with Crippen molar-refractivity contribution < 1.29 is 28.1 Å². The van der Waals surface area contributed by atoms with Gasteiger partial charge in [-0.2, -0.15) is 0 Å². The number of aromatic nitrogens is 1. The maximum absolute atomic E-state index is 14.4. The molecule has 0 radical (unpaired) electrons. The Balaban J connectivity index is 1.70. The summed E-state index contributed by atoms with van der Waals surface area (Å²) >= 11 is 9.19. The van der Waals surface area contributed by atoms with E-state index in [1.165, 1.54) is 36.2 Å². The summed E-state index contributed by atoms with van der Waals surface area (Å²) in [6.45, 7) is 3.61. The van der Waals surface area contributed by atoms with Gasteiger partial charge < -0.3 is 18.9 Å². The molecule has 4 aromatic rings. The number of carbonyl (C=O) groups excluding carboxylic acids is 1. The highest BCUT2D eigenvalue weighted by Crippen LogP contribution is 2.41. The number of thiazole rings is 1. The van der Waals surface area contributed by atoms with Crippen LogP contribution in [-0.4, -0.2) is 31.4 Å². The highest BCUT2D eigenvalue weighted by Gasteiger charge is 2.35. The van der Waals surface area contributed by atoms with Gasteiger partial charge in [0.05, 0.1) is 46.2 Å². The first kappa shape index (κ1) is 33.6. The van der Waals surface area contributed by atoms with Crippen LogP contribution in [0.15, 0.2) is 74.1 Å². The van der Waals surface area contributed by atoms with E-state index in [1.54, 1.807) is 50.3 Å². The third kappa shape index (κ3) is 6.86. The smallest absolute Gasteiger partial charge is 0.338 e. The summed E-state index contributed by atoms with van der Waals surface area (Å²) in [6, 6.07) is 12.9. The topological polar surface area (TPSA) is 88.4 Å². The number of carbonyl (C=O) groups is 1. The van der Waals surface area contributed by atoms with Crippen LogP contribution >= 0.6 is 72.4 Å². The van der Waals surface area contributed by atoms with Gasteiger partial charge in [0.25, 0.3) is 5.56 Å². The van der Waals surface area contributed by atoms with Crippen LogP contribution in [0.2, 0.25) is 0 Å². The van der Waals surface area contributed by atoms with Gasteiger partial charge in [0, 0.05) is 19.2 Å². The van der Waals surface area contributed by atoms with Crippen molar-refractivity contribution in [3.63, 3.8) is 0 Å². The van der Waals surface area contributed by atoms with E-state index in [9.17, 15) is 14.0 Å². The number of ether oxygens (including phenoxy) is 4. The fourth-order valence-electron chi connectivity index (χ4n) is 4.91. The van der Waals surface area contributed by atoms with Crippen LogP contribution in [0.25, 0.3) is 6.08 Å². The number of halogens is 4. The van der Waals surface area contributed by atoms with E-state index >= 15 is 0 Å². The number of esters is 1.